The molecule has 3 heterocycles. The van der Waals surface area contributed by atoms with Gasteiger partial charge in [0, 0.05) is 25.1 Å². The lowest BCUT2D eigenvalue weighted by Gasteiger charge is -2.33. The van der Waals surface area contributed by atoms with E-state index >= 15 is 4.39 Å². The third-order valence-corrected chi connectivity index (χ3v) is 8.15. The number of hydrogen-bond acceptors (Lipinski definition) is 5. The maximum atomic E-state index is 15.4. The quantitative estimate of drug-likeness (QED) is 0.414. The van der Waals surface area contributed by atoms with E-state index in [1.807, 2.05) is 32.2 Å². The molecule has 0 saturated carbocycles. The molecule has 0 bridgehead atoms. The zero-order valence-electron chi connectivity index (χ0n) is 24.8. The van der Waals surface area contributed by atoms with Crippen molar-refractivity contribution in [3.8, 4) is 0 Å². The van der Waals surface area contributed by atoms with E-state index in [0.29, 0.717) is 16.7 Å². The van der Waals surface area contributed by atoms with E-state index in [4.69, 9.17) is 0 Å². The summed E-state index contributed by atoms with van der Waals surface area (Å²) in [7, 11) is 1.84. The van der Waals surface area contributed by atoms with Crippen LogP contribution in [0.4, 0.5) is 21.6 Å². The van der Waals surface area contributed by atoms with E-state index < -0.39 is 11.7 Å². The van der Waals surface area contributed by atoms with Crippen molar-refractivity contribution >= 4 is 29.0 Å². The summed E-state index contributed by atoms with van der Waals surface area (Å²) in [4.78, 5) is 30.6. The molecule has 2 N–H and O–H groups in total. The molecular formula is C32H41FN6O2. The highest BCUT2D eigenvalue weighted by atomic mass is 19.1. The van der Waals surface area contributed by atoms with Gasteiger partial charge in [-0.3, -0.25) is 14.3 Å². The van der Waals surface area contributed by atoms with E-state index in [9.17, 15) is 9.59 Å². The Morgan fingerprint density at radius 2 is 1.88 bits per heavy atom. The highest BCUT2D eigenvalue weighted by molar-refractivity contribution is 6.08. The number of likely N-dealkylation sites (tertiary alicyclic amines) is 1. The summed E-state index contributed by atoms with van der Waals surface area (Å²) >= 11 is 0. The first-order valence-corrected chi connectivity index (χ1v) is 14.5. The van der Waals surface area contributed by atoms with Gasteiger partial charge in [-0.1, -0.05) is 32.9 Å². The average Bonchev–Trinajstić information content (AvgIpc) is 3.18. The number of amides is 2. The number of carbonyl (C=O) groups excluding carboxylic acids is 2. The molecule has 1 aromatic heterocycles. The van der Waals surface area contributed by atoms with Crippen LogP contribution in [0.5, 0.6) is 0 Å². The van der Waals surface area contributed by atoms with Gasteiger partial charge >= 0.3 is 0 Å². The molecule has 5 rings (SSSR count). The van der Waals surface area contributed by atoms with Crippen molar-refractivity contribution < 1.29 is 14.0 Å². The van der Waals surface area contributed by atoms with E-state index in [1.165, 1.54) is 12.1 Å². The molecule has 2 aliphatic heterocycles. The number of aryl methyl sites for hydroxylation is 2. The monoisotopic (exact) mass is 560 g/mol. The van der Waals surface area contributed by atoms with Crippen molar-refractivity contribution in [2.24, 2.45) is 18.4 Å². The minimum atomic E-state index is -0.605. The third-order valence-electron chi connectivity index (χ3n) is 8.15. The third kappa shape index (κ3) is 6.62. The number of anilines is 3. The van der Waals surface area contributed by atoms with Crippen LogP contribution in [0, 0.1) is 24.1 Å². The summed E-state index contributed by atoms with van der Waals surface area (Å²) in [5.41, 5.74) is 4.24. The van der Waals surface area contributed by atoms with Gasteiger partial charge in [-0.15, -0.1) is 0 Å². The number of fused-ring (bicyclic) bond motifs is 2. The van der Waals surface area contributed by atoms with Crippen LogP contribution in [0.1, 0.15) is 67.1 Å². The molecule has 0 atom stereocenters. The number of halogens is 1. The zero-order valence-corrected chi connectivity index (χ0v) is 24.8. The number of nitrogens with zero attached hydrogens (tertiary/aromatic N) is 4. The number of piperidine rings is 1. The number of nitrogens with one attached hydrogen (secondary N) is 2. The number of hydrogen-bond donors (Lipinski definition) is 2. The minimum Gasteiger partial charge on any atom is -0.352 e. The number of benzene rings is 2. The Hall–Kier alpha value is -3.72. The van der Waals surface area contributed by atoms with Gasteiger partial charge < -0.3 is 20.4 Å². The molecule has 218 valence electrons. The fraction of sp³-hybridized carbons (Fsp3) is 0.469. The molecule has 9 heteroatoms. The van der Waals surface area contributed by atoms with Crippen molar-refractivity contribution in [2.45, 2.75) is 60.0 Å². The predicted molar refractivity (Wildman–Crippen MR) is 160 cm³/mol. The standard InChI is InChI=1S/C32H41FN6O2/c1-21-6-9-28-27(16-21)36-29-24(19-35-37(29)5)20-39(28)31(41)25-8-7-22(17-26(25)33)18-34-30(40)23-10-13-38(14-11-23)15-12-32(2,3)4/h6-9,16-17,19,23,36H,10-15,18,20H2,1-5H3,(H,34,40). The van der Waals surface area contributed by atoms with Crippen LogP contribution in [0.3, 0.4) is 0 Å². The first kappa shape index (κ1) is 28.8. The second-order valence-corrected chi connectivity index (χ2v) is 12.6. The SMILES string of the molecule is Cc1ccc2c(c1)Nc1c(cnn1C)CN2C(=O)c1ccc(CNC(=O)C2CCN(CCC(C)(C)C)CC2)cc1F. The molecule has 3 aromatic rings. The molecule has 0 spiro atoms. The van der Waals surface area contributed by atoms with Gasteiger partial charge in [0.2, 0.25) is 5.91 Å². The summed E-state index contributed by atoms with van der Waals surface area (Å²) in [6.45, 7) is 12.1. The highest BCUT2D eigenvalue weighted by Crippen LogP contribution is 2.37. The molecule has 1 fully saturated rings. The average molecular weight is 561 g/mol. The smallest absolute Gasteiger partial charge is 0.261 e. The van der Waals surface area contributed by atoms with Gasteiger partial charge in [0.05, 0.1) is 29.7 Å². The largest absolute Gasteiger partial charge is 0.352 e. The summed E-state index contributed by atoms with van der Waals surface area (Å²) in [5, 5.41) is 10.7. The first-order valence-electron chi connectivity index (χ1n) is 14.5. The van der Waals surface area contributed by atoms with Gasteiger partial charge in [-0.05, 0) is 86.6 Å². The molecule has 0 radical (unpaired) electrons. The molecule has 41 heavy (non-hydrogen) atoms. The maximum absolute atomic E-state index is 15.4. The van der Waals surface area contributed by atoms with E-state index in [2.05, 4.69) is 41.4 Å². The Morgan fingerprint density at radius 3 is 2.59 bits per heavy atom. The van der Waals surface area contributed by atoms with Crippen molar-refractivity contribution in [1.82, 2.24) is 20.0 Å². The lowest BCUT2D eigenvalue weighted by Crippen LogP contribution is -2.41. The van der Waals surface area contributed by atoms with E-state index in [1.54, 1.807) is 21.8 Å². The predicted octanol–water partition coefficient (Wildman–Crippen LogP) is 5.54. The molecule has 2 amide bonds. The number of rotatable bonds is 6. The highest BCUT2D eigenvalue weighted by Gasteiger charge is 2.29. The summed E-state index contributed by atoms with van der Waals surface area (Å²) in [6.07, 6.45) is 4.53. The lowest BCUT2D eigenvalue weighted by molar-refractivity contribution is -0.126. The van der Waals surface area contributed by atoms with E-state index in [0.717, 1.165) is 61.5 Å². The topological polar surface area (TPSA) is 82.5 Å². The normalized spacial score (nSPS) is 16.0. The number of aromatic nitrogens is 2. The van der Waals surface area contributed by atoms with Crippen molar-refractivity contribution in [3.63, 3.8) is 0 Å². The fourth-order valence-electron chi connectivity index (χ4n) is 5.54. The van der Waals surface area contributed by atoms with Crippen molar-refractivity contribution in [1.29, 1.82) is 0 Å². The fourth-order valence-corrected chi connectivity index (χ4v) is 5.54. The van der Waals surface area contributed by atoms with Crippen molar-refractivity contribution in [3.05, 3.63) is 70.7 Å². The van der Waals surface area contributed by atoms with Gasteiger partial charge in [-0.25, -0.2) is 4.39 Å². The van der Waals surface area contributed by atoms with Crippen LogP contribution in [0.25, 0.3) is 0 Å². The molecule has 2 aliphatic rings. The van der Waals surface area contributed by atoms with Gasteiger partial charge in [-0.2, -0.15) is 5.10 Å². The van der Waals surface area contributed by atoms with Crippen LogP contribution >= 0.6 is 0 Å². The van der Waals surface area contributed by atoms with Gasteiger partial charge in [0.25, 0.3) is 5.91 Å². The second-order valence-electron chi connectivity index (χ2n) is 12.6. The van der Waals surface area contributed by atoms with Crippen LogP contribution in [0.15, 0.2) is 42.6 Å². The Bertz CT molecular complexity index is 1430. The van der Waals surface area contributed by atoms with Crippen LogP contribution < -0.4 is 15.5 Å². The summed E-state index contributed by atoms with van der Waals surface area (Å²) in [6, 6.07) is 10.4. The van der Waals surface area contributed by atoms with Crippen LogP contribution in [0.2, 0.25) is 0 Å². The molecule has 8 nitrogen and oxygen atoms in total. The van der Waals surface area contributed by atoms with E-state index in [-0.39, 0.29) is 30.5 Å². The maximum Gasteiger partial charge on any atom is 0.261 e. The molecular weight excluding hydrogens is 519 g/mol. The van der Waals surface area contributed by atoms with Gasteiger partial charge in [0.1, 0.15) is 11.6 Å². The Morgan fingerprint density at radius 1 is 1.12 bits per heavy atom. The molecule has 1 saturated heterocycles. The molecule has 0 aliphatic carbocycles. The number of carbonyl (C=O) groups is 2. The first-order chi connectivity index (χ1) is 19.5. The molecule has 2 aromatic carbocycles. The molecule has 0 unspecified atom stereocenters. The lowest BCUT2D eigenvalue weighted by atomic mass is 9.90. The summed E-state index contributed by atoms with van der Waals surface area (Å²) in [5.74, 6) is -0.248. The van der Waals surface area contributed by atoms with Gasteiger partial charge in [0.15, 0.2) is 0 Å². The Kier molecular flexibility index (Phi) is 8.18. The zero-order chi connectivity index (χ0) is 29.3. The van der Waals surface area contributed by atoms with Crippen molar-refractivity contribution in [2.75, 3.05) is 29.9 Å². The van der Waals surface area contributed by atoms with Crippen LogP contribution in [-0.4, -0.2) is 46.1 Å². The summed E-state index contributed by atoms with van der Waals surface area (Å²) < 4.78 is 17.1. The Balaban J connectivity index is 1.23. The van der Waals surface area contributed by atoms with Crippen LogP contribution in [-0.2, 0) is 24.9 Å². The Labute approximate surface area is 241 Å². The second kappa shape index (κ2) is 11.6. The minimum absolute atomic E-state index is 0.0114.